The fourth-order valence-corrected chi connectivity index (χ4v) is 4.04. The van der Waals surface area contributed by atoms with Crippen molar-refractivity contribution < 1.29 is 29.0 Å². The van der Waals surface area contributed by atoms with E-state index in [1.165, 1.54) is 4.57 Å². The molecule has 14 nitrogen and oxygen atoms in total. The third-order valence-corrected chi connectivity index (χ3v) is 6.42. The van der Waals surface area contributed by atoms with Crippen molar-refractivity contribution in [2.75, 3.05) is 32.6 Å². The van der Waals surface area contributed by atoms with Gasteiger partial charge in [0.1, 0.15) is 23.9 Å². The van der Waals surface area contributed by atoms with Crippen LogP contribution in [0.3, 0.4) is 0 Å². The minimum Gasteiger partial charge on any atom is -0.480 e. The van der Waals surface area contributed by atoms with Gasteiger partial charge in [-0.1, -0.05) is 24.3 Å². The number of nitrogen functional groups attached to an aromatic ring is 1. The number of ether oxygens (including phenoxy) is 2. The van der Waals surface area contributed by atoms with Crippen LogP contribution in [-0.4, -0.2) is 75.2 Å². The van der Waals surface area contributed by atoms with Gasteiger partial charge in [-0.25, -0.2) is 4.79 Å². The van der Waals surface area contributed by atoms with E-state index < -0.39 is 12.0 Å². The summed E-state index contributed by atoms with van der Waals surface area (Å²) in [5.41, 5.74) is 13.5. The van der Waals surface area contributed by atoms with Crippen LogP contribution in [0.25, 0.3) is 11.2 Å². The van der Waals surface area contributed by atoms with E-state index in [0.717, 1.165) is 11.1 Å². The summed E-state index contributed by atoms with van der Waals surface area (Å²) in [4.78, 5) is 58.6. The van der Waals surface area contributed by atoms with E-state index in [2.05, 4.69) is 20.3 Å². The van der Waals surface area contributed by atoms with Gasteiger partial charge in [-0.3, -0.25) is 19.0 Å². The maximum Gasteiger partial charge on any atom is 0.328 e. The molecule has 41 heavy (non-hydrogen) atoms. The number of amides is 1. The van der Waals surface area contributed by atoms with Gasteiger partial charge in [0.05, 0.1) is 13.2 Å². The van der Waals surface area contributed by atoms with Crippen LogP contribution in [0.2, 0.25) is 0 Å². The normalized spacial score (nSPS) is 11.9. The summed E-state index contributed by atoms with van der Waals surface area (Å²) in [6.07, 6.45) is 2.67. The molecule has 0 fully saturated rings. The van der Waals surface area contributed by atoms with E-state index >= 15 is 0 Å². The molecule has 3 aromatic rings. The first kappa shape index (κ1) is 31.2. The SMILES string of the molecule is COCCOc1nc(N)c2[nH]c(=O)n(Cc3ccc(CCC(=O)CCC(=O)NCCCC[C@H](N)C(=O)O)cc3)c2n1. The Hall–Kier alpha value is -4.30. The number of ketones is 1. The highest BCUT2D eigenvalue weighted by molar-refractivity contribution is 5.85. The molecular formula is C27H37N7O7. The Morgan fingerprint density at radius 3 is 2.51 bits per heavy atom. The van der Waals surface area contributed by atoms with E-state index in [1.807, 2.05) is 24.3 Å². The predicted octanol–water partition coefficient (Wildman–Crippen LogP) is 0.756. The third kappa shape index (κ3) is 9.69. The number of aliphatic carboxylic acids is 1. The summed E-state index contributed by atoms with van der Waals surface area (Å²) in [7, 11) is 1.55. The van der Waals surface area contributed by atoms with Crippen LogP contribution < -0.4 is 27.2 Å². The smallest absolute Gasteiger partial charge is 0.328 e. The summed E-state index contributed by atoms with van der Waals surface area (Å²) >= 11 is 0. The average molecular weight is 572 g/mol. The Morgan fingerprint density at radius 1 is 1.07 bits per heavy atom. The molecule has 2 aromatic heterocycles. The van der Waals surface area contributed by atoms with Crippen LogP contribution in [0.4, 0.5) is 5.82 Å². The standard InChI is InChI=1S/C27H37N7O7/c1-40-14-15-41-26-32-23(29)22-24(33-26)34(27(39)31-22)16-18-7-5-17(6-8-18)9-10-19(35)11-12-21(36)30-13-3-2-4-20(28)25(37)38/h5-8,20H,2-4,9-16,28H2,1H3,(H,30,36)(H,31,39)(H,37,38)(H2,29,32,33)/t20-/m0/s1. The second kappa shape index (κ2) is 15.5. The van der Waals surface area contributed by atoms with Gasteiger partial charge in [0.25, 0.3) is 0 Å². The quantitative estimate of drug-likeness (QED) is 0.134. The number of carboxylic acids is 1. The molecule has 0 spiro atoms. The maximum absolute atomic E-state index is 12.6. The lowest BCUT2D eigenvalue weighted by Gasteiger charge is -2.08. The number of aromatic nitrogens is 4. The van der Waals surface area contributed by atoms with Crippen molar-refractivity contribution in [1.82, 2.24) is 24.8 Å². The van der Waals surface area contributed by atoms with Crippen LogP contribution in [-0.2, 0) is 32.1 Å². The number of hydrogen-bond donors (Lipinski definition) is 5. The van der Waals surface area contributed by atoms with E-state index in [9.17, 15) is 19.2 Å². The number of aromatic amines is 1. The summed E-state index contributed by atoms with van der Waals surface area (Å²) in [5, 5.41) is 11.5. The van der Waals surface area contributed by atoms with Crippen molar-refractivity contribution in [1.29, 1.82) is 0 Å². The molecule has 1 aromatic carbocycles. The van der Waals surface area contributed by atoms with E-state index in [-0.39, 0.29) is 55.2 Å². The molecule has 222 valence electrons. The second-order valence-electron chi connectivity index (χ2n) is 9.59. The summed E-state index contributed by atoms with van der Waals surface area (Å²) in [6.45, 7) is 1.25. The number of nitrogens with one attached hydrogen (secondary N) is 2. The second-order valence-corrected chi connectivity index (χ2v) is 9.59. The monoisotopic (exact) mass is 571 g/mol. The van der Waals surface area contributed by atoms with Crippen LogP contribution in [0.5, 0.6) is 6.01 Å². The minimum absolute atomic E-state index is 0.0113. The van der Waals surface area contributed by atoms with E-state index in [1.54, 1.807) is 7.11 Å². The van der Waals surface area contributed by atoms with Crippen molar-refractivity contribution in [2.45, 2.75) is 57.5 Å². The molecule has 0 aliphatic rings. The Kier molecular flexibility index (Phi) is 11.8. The predicted molar refractivity (Wildman–Crippen MR) is 151 cm³/mol. The van der Waals surface area contributed by atoms with E-state index in [0.29, 0.717) is 56.4 Å². The van der Waals surface area contributed by atoms with E-state index in [4.69, 9.17) is 26.0 Å². The third-order valence-electron chi connectivity index (χ3n) is 6.42. The topological polar surface area (TPSA) is 218 Å². The number of nitrogens with two attached hydrogens (primary N) is 2. The molecule has 14 heteroatoms. The molecule has 2 heterocycles. The number of anilines is 1. The van der Waals surface area contributed by atoms with Gasteiger partial charge in [0.15, 0.2) is 11.5 Å². The summed E-state index contributed by atoms with van der Waals surface area (Å²) in [6, 6.07) is 6.71. The van der Waals surface area contributed by atoms with Crippen LogP contribution in [0.1, 0.15) is 49.7 Å². The number of carboxylic acid groups (broad SMARTS) is 1. The number of rotatable bonds is 18. The van der Waals surface area contributed by atoms with Crippen molar-refractivity contribution in [3.8, 4) is 6.01 Å². The lowest BCUT2D eigenvalue weighted by Crippen LogP contribution is -2.30. The maximum atomic E-state index is 12.6. The molecule has 1 amide bonds. The highest BCUT2D eigenvalue weighted by atomic mass is 16.5. The number of methoxy groups -OCH3 is 1. The number of fused-ring (bicyclic) bond motifs is 1. The summed E-state index contributed by atoms with van der Waals surface area (Å²) in [5.74, 6) is -1.15. The molecule has 0 saturated heterocycles. The molecule has 0 bridgehead atoms. The molecule has 0 aliphatic carbocycles. The number of benzene rings is 1. The first-order valence-corrected chi connectivity index (χ1v) is 13.4. The number of imidazole rings is 1. The number of carbonyl (C=O) groups is 3. The number of H-pyrrole nitrogens is 1. The lowest BCUT2D eigenvalue weighted by atomic mass is 10.0. The van der Waals surface area contributed by atoms with Gasteiger partial charge in [0.2, 0.25) is 5.91 Å². The van der Waals surface area contributed by atoms with Crippen molar-refractivity contribution >= 4 is 34.6 Å². The molecule has 0 unspecified atom stereocenters. The van der Waals surface area contributed by atoms with Crippen molar-refractivity contribution in [3.05, 3.63) is 45.9 Å². The molecule has 7 N–H and O–H groups in total. The number of aryl methyl sites for hydroxylation is 1. The van der Waals surface area contributed by atoms with Crippen molar-refractivity contribution in [3.63, 3.8) is 0 Å². The Balaban J connectivity index is 1.44. The minimum atomic E-state index is -1.04. The molecule has 0 radical (unpaired) electrons. The fraction of sp³-hybridized carbons (Fsp3) is 0.481. The number of Topliss-reactive ketones (excluding diaryl/α,β-unsaturated/α-hetero) is 1. The average Bonchev–Trinajstić information content (AvgIpc) is 3.26. The van der Waals surface area contributed by atoms with Gasteiger partial charge in [-0.2, -0.15) is 9.97 Å². The largest absolute Gasteiger partial charge is 0.480 e. The summed E-state index contributed by atoms with van der Waals surface area (Å²) < 4.78 is 11.9. The number of nitrogens with zero attached hydrogens (tertiary/aromatic N) is 3. The molecule has 0 aliphatic heterocycles. The van der Waals surface area contributed by atoms with Crippen LogP contribution in [0, 0.1) is 0 Å². The molecule has 0 saturated carbocycles. The first-order chi connectivity index (χ1) is 19.7. The van der Waals surface area contributed by atoms with Crippen LogP contribution in [0.15, 0.2) is 29.1 Å². The highest BCUT2D eigenvalue weighted by Crippen LogP contribution is 2.19. The van der Waals surface area contributed by atoms with Crippen molar-refractivity contribution in [2.24, 2.45) is 5.73 Å². The molecular weight excluding hydrogens is 534 g/mol. The molecule has 3 rings (SSSR count). The zero-order valence-electron chi connectivity index (χ0n) is 23.1. The Bertz CT molecular complexity index is 1390. The van der Waals surface area contributed by atoms with Gasteiger partial charge < -0.3 is 36.3 Å². The highest BCUT2D eigenvalue weighted by Gasteiger charge is 2.15. The molecule has 1 atom stereocenters. The van der Waals surface area contributed by atoms with Gasteiger partial charge in [0, 0.05) is 32.9 Å². The zero-order valence-corrected chi connectivity index (χ0v) is 23.1. The van der Waals surface area contributed by atoms with Gasteiger partial charge in [-0.05, 0) is 36.8 Å². The lowest BCUT2D eigenvalue weighted by molar-refractivity contribution is -0.138. The Morgan fingerprint density at radius 2 is 1.80 bits per heavy atom. The fourth-order valence-electron chi connectivity index (χ4n) is 4.04. The Labute approximate surface area is 236 Å². The van der Waals surface area contributed by atoms with Crippen LogP contribution >= 0.6 is 0 Å². The number of hydrogen-bond acceptors (Lipinski definition) is 10. The number of unbranched alkanes of at least 4 members (excludes halogenated alkanes) is 1. The van der Waals surface area contributed by atoms with Gasteiger partial charge >= 0.3 is 17.7 Å². The number of carbonyl (C=O) groups excluding carboxylic acids is 2. The zero-order chi connectivity index (χ0) is 29.8. The van der Waals surface area contributed by atoms with Gasteiger partial charge in [-0.15, -0.1) is 0 Å². The first-order valence-electron chi connectivity index (χ1n) is 13.4.